The summed E-state index contributed by atoms with van der Waals surface area (Å²) in [6, 6.07) is 14.8. The van der Waals surface area contributed by atoms with Crippen molar-refractivity contribution >= 4 is 36.8 Å². The minimum Gasteiger partial charge on any atom is -0.496 e. The number of rotatable bonds is 8. The lowest BCUT2D eigenvalue weighted by molar-refractivity contribution is -0.114. The van der Waals surface area contributed by atoms with E-state index in [1.54, 1.807) is 26.3 Å². The summed E-state index contributed by atoms with van der Waals surface area (Å²) in [7, 11) is 3.20. The van der Waals surface area contributed by atoms with Gasteiger partial charge in [-0.15, -0.1) is 0 Å². The Labute approximate surface area is 200 Å². The van der Waals surface area contributed by atoms with Crippen LogP contribution >= 0.6 is 13.5 Å². The fourth-order valence-corrected chi connectivity index (χ4v) is 3.31. The van der Waals surface area contributed by atoms with Crippen molar-refractivity contribution in [3.05, 3.63) is 66.0 Å². The number of aromatic nitrogens is 2. The van der Waals surface area contributed by atoms with Crippen LogP contribution in [0, 0.1) is 0 Å². The van der Waals surface area contributed by atoms with Gasteiger partial charge in [0.05, 0.1) is 12.8 Å². The smallest absolute Gasteiger partial charge is 0.251 e. The van der Waals surface area contributed by atoms with Crippen molar-refractivity contribution in [3.8, 4) is 17.0 Å². The quantitative estimate of drug-likeness (QED) is 0.465. The molecule has 0 saturated heterocycles. The topological polar surface area (TPSA) is 105 Å². The molecule has 2 aromatic carbocycles. The number of anilines is 2. The Morgan fingerprint density at radius 3 is 2.42 bits per heavy atom. The minimum absolute atomic E-state index is 0. The molecule has 33 heavy (non-hydrogen) atoms. The van der Waals surface area contributed by atoms with Crippen molar-refractivity contribution in [3.63, 3.8) is 0 Å². The summed E-state index contributed by atoms with van der Waals surface area (Å²) < 4.78 is 5.50. The summed E-state index contributed by atoms with van der Waals surface area (Å²) >= 11 is 0. The third kappa shape index (κ3) is 6.69. The Bertz CT molecular complexity index is 1110. The number of carbonyl (C=O) groups is 2. The molecule has 3 rings (SSSR count). The average Bonchev–Trinajstić information content (AvgIpc) is 2.81. The standard InChI is InChI=1S/C24H27N5O3.H2S/c1-15(20-10-7-18(24(31)25-3)11-22(20)32-4)13-26-23-12-21(27-14-28-23)17-5-8-19(9-6-17)29-16(2)30;/h5-12,14-15H,13H2,1-4H3,(H,25,31)(H,29,30)(H,26,27,28);1H2/t15-;/m1./s1. The van der Waals surface area contributed by atoms with Gasteiger partial charge in [-0.25, -0.2) is 9.97 Å². The maximum atomic E-state index is 11.9. The minimum atomic E-state index is -0.153. The van der Waals surface area contributed by atoms with Gasteiger partial charge in [0.25, 0.3) is 5.91 Å². The summed E-state index contributed by atoms with van der Waals surface area (Å²) in [5, 5.41) is 8.71. The Morgan fingerprint density at radius 1 is 1.06 bits per heavy atom. The maximum absolute atomic E-state index is 11.9. The van der Waals surface area contributed by atoms with E-state index in [0.29, 0.717) is 23.7 Å². The first-order chi connectivity index (χ1) is 15.4. The summed E-state index contributed by atoms with van der Waals surface area (Å²) in [6.07, 6.45) is 1.52. The zero-order chi connectivity index (χ0) is 23.1. The highest BCUT2D eigenvalue weighted by molar-refractivity contribution is 7.59. The monoisotopic (exact) mass is 467 g/mol. The first-order valence-electron chi connectivity index (χ1n) is 10.2. The van der Waals surface area contributed by atoms with Gasteiger partial charge in [-0.2, -0.15) is 13.5 Å². The number of ether oxygens (including phenoxy) is 1. The van der Waals surface area contributed by atoms with Crippen LogP contribution in [0.1, 0.15) is 35.7 Å². The van der Waals surface area contributed by atoms with Crippen LogP contribution in [0.2, 0.25) is 0 Å². The molecule has 3 aromatic rings. The molecule has 0 aliphatic heterocycles. The fourth-order valence-electron chi connectivity index (χ4n) is 3.31. The van der Waals surface area contributed by atoms with Crippen LogP contribution in [-0.2, 0) is 4.79 Å². The highest BCUT2D eigenvalue weighted by Crippen LogP contribution is 2.28. The van der Waals surface area contributed by atoms with Crippen LogP contribution < -0.4 is 20.7 Å². The number of methoxy groups -OCH3 is 1. The molecule has 8 nitrogen and oxygen atoms in total. The van der Waals surface area contributed by atoms with Crippen LogP contribution in [0.3, 0.4) is 0 Å². The second-order valence-corrected chi connectivity index (χ2v) is 7.36. The molecule has 1 aromatic heterocycles. The van der Waals surface area contributed by atoms with Crippen molar-refractivity contribution < 1.29 is 14.3 Å². The van der Waals surface area contributed by atoms with E-state index in [-0.39, 0.29) is 31.2 Å². The average molecular weight is 468 g/mol. The fraction of sp³-hybridized carbons (Fsp3) is 0.250. The van der Waals surface area contributed by atoms with Crippen LogP contribution in [0.4, 0.5) is 11.5 Å². The Balaban J connectivity index is 0.00000385. The molecule has 2 amide bonds. The zero-order valence-electron chi connectivity index (χ0n) is 19.1. The summed E-state index contributed by atoms with van der Waals surface area (Å²) in [4.78, 5) is 31.7. The van der Waals surface area contributed by atoms with Gasteiger partial charge in [0.1, 0.15) is 17.9 Å². The summed E-state index contributed by atoms with van der Waals surface area (Å²) in [5.74, 6) is 1.22. The second kappa shape index (κ2) is 11.9. The number of hydrogen-bond donors (Lipinski definition) is 3. The number of benzene rings is 2. The molecule has 0 bridgehead atoms. The number of nitrogens with one attached hydrogen (secondary N) is 3. The van der Waals surface area contributed by atoms with Crippen LogP contribution in [0.5, 0.6) is 5.75 Å². The van der Waals surface area contributed by atoms with E-state index in [4.69, 9.17) is 4.74 Å². The molecule has 0 spiro atoms. The zero-order valence-corrected chi connectivity index (χ0v) is 20.1. The molecule has 9 heteroatoms. The van der Waals surface area contributed by atoms with Crippen LogP contribution in [0.15, 0.2) is 54.9 Å². The second-order valence-electron chi connectivity index (χ2n) is 7.36. The van der Waals surface area contributed by atoms with E-state index < -0.39 is 0 Å². The van der Waals surface area contributed by atoms with Crippen molar-refractivity contribution in [2.24, 2.45) is 0 Å². The van der Waals surface area contributed by atoms with Gasteiger partial charge in [-0.1, -0.05) is 25.1 Å². The first-order valence-corrected chi connectivity index (χ1v) is 10.2. The van der Waals surface area contributed by atoms with E-state index in [1.807, 2.05) is 36.4 Å². The number of nitrogens with zero attached hydrogens (tertiary/aromatic N) is 2. The molecule has 174 valence electrons. The van der Waals surface area contributed by atoms with Gasteiger partial charge in [0, 0.05) is 49.3 Å². The Hall–Kier alpha value is -3.59. The lowest BCUT2D eigenvalue weighted by atomic mass is 9.98. The van der Waals surface area contributed by atoms with E-state index in [2.05, 4.69) is 32.8 Å². The van der Waals surface area contributed by atoms with Crippen molar-refractivity contribution in [2.45, 2.75) is 19.8 Å². The van der Waals surface area contributed by atoms with Crippen LogP contribution in [0.25, 0.3) is 11.3 Å². The predicted octanol–water partition coefficient (Wildman–Crippen LogP) is 3.80. The molecular weight excluding hydrogens is 438 g/mol. The Kier molecular flexibility index (Phi) is 9.23. The number of hydrogen-bond acceptors (Lipinski definition) is 6. The molecule has 3 N–H and O–H groups in total. The molecule has 1 atom stereocenters. The van der Waals surface area contributed by atoms with Gasteiger partial charge in [0.2, 0.25) is 5.91 Å². The molecule has 0 unspecified atom stereocenters. The Morgan fingerprint density at radius 2 is 1.79 bits per heavy atom. The van der Waals surface area contributed by atoms with Crippen molar-refractivity contribution in [1.82, 2.24) is 15.3 Å². The highest BCUT2D eigenvalue weighted by atomic mass is 32.1. The molecule has 1 heterocycles. The first kappa shape index (κ1) is 25.7. The highest BCUT2D eigenvalue weighted by Gasteiger charge is 2.15. The van der Waals surface area contributed by atoms with Crippen molar-refractivity contribution in [2.75, 3.05) is 31.3 Å². The van der Waals surface area contributed by atoms with Gasteiger partial charge < -0.3 is 20.7 Å². The van der Waals surface area contributed by atoms with Gasteiger partial charge in [0.15, 0.2) is 0 Å². The molecule has 0 aliphatic carbocycles. The largest absolute Gasteiger partial charge is 0.496 e. The number of carbonyl (C=O) groups excluding carboxylic acids is 2. The molecular formula is C24H29N5O3S. The third-order valence-corrected chi connectivity index (χ3v) is 5.01. The molecule has 0 radical (unpaired) electrons. The summed E-state index contributed by atoms with van der Waals surface area (Å²) in [6.45, 7) is 4.17. The molecule has 0 saturated carbocycles. The normalized spacial score (nSPS) is 11.0. The lowest BCUT2D eigenvalue weighted by Gasteiger charge is -2.17. The van der Waals surface area contributed by atoms with E-state index in [0.717, 1.165) is 22.5 Å². The SMILES string of the molecule is CNC(=O)c1ccc([C@H](C)CNc2cc(-c3ccc(NC(C)=O)cc3)ncn2)c(OC)c1.S. The lowest BCUT2D eigenvalue weighted by Crippen LogP contribution is -2.18. The van der Waals surface area contributed by atoms with E-state index in [9.17, 15) is 9.59 Å². The number of amides is 2. The van der Waals surface area contributed by atoms with Gasteiger partial charge >= 0.3 is 0 Å². The molecule has 0 fully saturated rings. The van der Waals surface area contributed by atoms with E-state index >= 15 is 0 Å². The van der Waals surface area contributed by atoms with Crippen LogP contribution in [-0.4, -0.2) is 42.5 Å². The predicted molar refractivity (Wildman–Crippen MR) is 135 cm³/mol. The third-order valence-electron chi connectivity index (χ3n) is 5.01. The molecule has 0 aliphatic rings. The maximum Gasteiger partial charge on any atom is 0.251 e. The van der Waals surface area contributed by atoms with Gasteiger partial charge in [-0.3, -0.25) is 9.59 Å². The van der Waals surface area contributed by atoms with Gasteiger partial charge in [-0.05, 0) is 29.8 Å². The summed E-state index contributed by atoms with van der Waals surface area (Å²) in [5.41, 5.74) is 3.98. The van der Waals surface area contributed by atoms with Crippen molar-refractivity contribution in [1.29, 1.82) is 0 Å². The van der Waals surface area contributed by atoms with E-state index in [1.165, 1.54) is 13.3 Å².